The smallest absolute Gasteiger partial charge is 0.358 e. The van der Waals surface area contributed by atoms with Crippen molar-refractivity contribution in [3.8, 4) is 11.3 Å². The molecule has 2 heterocycles. The van der Waals surface area contributed by atoms with Gasteiger partial charge in [-0.15, -0.1) is 5.10 Å². The molecule has 0 aliphatic heterocycles. The lowest BCUT2D eigenvalue weighted by Gasteiger charge is -2.05. The Bertz CT molecular complexity index is 602. The molecule has 0 aliphatic rings. The number of aromatic carboxylic acids is 1. The summed E-state index contributed by atoms with van der Waals surface area (Å²) in [4.78, 5) is 11.3. The van der Waals surface area contributed by atoms with Crippen LogP contribution in [-0.2, 0) is 13.6 Å². The molecular weight excluding hydrogens is 270 g/mol. The van der Waals surface area contributed by atoms with Crippen molar-refractivity contribution in [1.29, 1.82) is 0 Å². The standard InChI is InChI=1S/C14H21N5O2/c1-3-4-5-6-7-8-19-13(11-9-15-18(2)10-11)12(14(20)21)16-17-19/h9-10H,3-8H2,1-2H3,(H,20,21). The van der Waals surface area contributed by atoms with E-state index in [0.29, 0.717) is 12.2 Å². The Kier molecular flexibility index (Phi) is 5.08. The van der Waals surface area contributed by atoms with Crippen LogP contribution >= 0.6 is 0 Å². The van der Waals surface area contributed by atoms with Crippen molar-refractivity contribution in [2.45, 2.75) is 45.6 Å². The fraction of sp³-hybridized carbons (Fsp3) is 0.571. The summed E-state index contributed by atoms with van der Waals surface area (Å²) in [6.45, 7) is 2.85. The second-order valence-corrected chi connectivity index (χ2v) is 5.13. The molecule has 7 nitrogen and oxygen atoms in total. The van der Waals surface area contributed by atoms with E-state index in [9.17, 15) is 9.90 Å². The third kappa shape index (κ3) is 3.68. The van der Waals surface area contributed by atoms with Gasteiger partial charge in [-0.05, 0) is 6.42 Å². The Morgan fingerprint density at radius 1 is 1.29 bits per heavy atom. The molecule has 0 saturated carbocycles. The predicted octanol–water partition coefficient (Wildman–Crippen LogP) is 2.35. The van der Waals surface area contributed by atoms with Crippen molar-refractivity contribution >= 4 is 5.97 Å². The number of unbranched alkanes of at least 4 members (excludes halogenated alkanes) is 4. The summed E-state index contributed by atoms with van der Waals surface area (Å²) in [6, 6.07) is 0. The summed E-state index contributed by atoms with van der Waals surface area (Å²) in [5, 5.41) is 21.1. The number of carbonyl (C=O) groups is 1. The van der Waals surface area contributed by atoms with Gasteiger partial charge in [-0.1, -0.05) is 37.8 Å². The monoisotopic (exact) mass is 291 g/mol. The molecule has 0 saturated heterocycles. The summed E-state index contributed by atoms with van der Waals surface area (Å²) < 4.78 is 3.31. The molecule has 1 N–H and O–H groups in total. The van der Waals surface area contributed by atoms with Gasteiger partial charge < -0.3 is 5.11 Å². The summed E-state index contributed by atoms with van der Waals surface area (Å²) in [5.41, 5.74) is 1.25. The van der Waals surface area contributed by atoms with E-state index < -0.39 is 5.97 Å². The van der Waals surface area contributed by atoms with Crippen molar-refractivity contribution in [2.75, 3.05) is 0 Å². The second-order valence-electron chi connectivity index (χ2n) is 5.13. The Balaban J connectivity index is 2.16. The van der Waals surface area contributed by atoms with E-state index >= 15 is 0 Å². The van der Waals surface area contributed by atoms with Crippen LogP contribution < -0.4 is 0 Å². The number of aryl methyl sites for hydroxylation is 2. The lowest BCUT2D eigenvalue weighted by Crippen LogP contribution is -2.05. The number of nitrogens with zero attached hydrogens (tertiary/aromatic N) is 5. The van der Waals surface area contributed by atoms with Crippen LogP contribution in [0.5, 0.6) is 0 Å². The van der Waals surface area contributed by atoms with Crippen molar-refractivity contribution in [1.82, 2.24) is 24.8 Å². The largest absolute Gasteiger partial charge is 0.476 e. The topological polar surface area (TPSA) is 85.8 Å². The van der Waals surface area contributed by atoms with Crippen LogP contribution in [0.2, 0.25) is 0 Å². The van der Waals surface area contributed by atoms with E-state index in [-0.39, 0.29) is 5.69 Å². The summed E-state index contributed by atoms with van der Waals surface area (Å²) in [5.74, 6) is -1.06. The van der Waals surface area contributed by atoms with Crippen LogP contribution in [0.15, 0.2) is 12.4 Å². The van der Waals surface area contributed by atoms with Gasteiger partial charge in [0.25, 0.3) is 0 Å². The lowest BCUT2D eigenvalue weighted by molar-refractivity contribution is 0.0691. The average Bonchev–Trinajstić information content (AvgIpc) is 3.04. The predicted molar refractivity (Wildman–Crippen MR) is 77.9 cm³/mol. The maximum Gasteiger partial charge on any atom is 0.358 e. The van der Waals surface area contributed by atoms with Crippen molar-refractivity contribution in [3.63, 3.8) is 0 Å². The highest BCUT2D eigenvalue weighted by Crippen LogP contribution is 2.22. The molecule has 114 valence electrons. The Morgan fingerprint density at radius 3 is 2.67 bits per heavy atom. The average molecular weight is 291 g/mol. The molecule has 0 unspecified atom stereocenters. The fourth-order valence-corrected chi connectivity index (χ4v) is 2.31. The molecule has 0 fully saturated rings. The highest BCUT2D eigenvalue weighted by atomic mass is 16.4. The van der Waals surface area contributed by atoms with E-state index in [4.69, 9.17) is 0 Å². The van der Waals surface area contributed by atoms with E-state index in [1.807, 2.05) is 0 Å². The van der Waals surface area contributed by atoms with Gasteiger partial charge in [0.15, 0.2) is 5.69 Å². The normalized spacial score (nSPS) is 11.0. The SMILES string of the molecule is CCCCCCCn1nnc(C(=O)O)c1-c1cnn(C)c1. The van der Waals surface area contributed by atoms with E-state index in [1.54, 1.807) is 28.8 Å². The molecule has 7 heteroatoms. The van der Waals surface area contributed by atoms with Crippen LogP contribution in [0.1, 0.15) is 49.5 Å². The molecule has 0 aliphatic carbocycles. The molecule has 0 aromatic carbocycles. The minimum Gasteiger partial charge on any atom is -0.476 e. The minimum absolute atomic E-state index is 0.0171. The maximum atomic E-state index is 11.3. The lowest BCUT2D eigenvalue weighted by atomic mass is 10.1. The minimum atomic E-state index is -1.06. The Labute approximate surface area is 123 Å². The first-order valence-electron chi connectivity index (χ1n) is 7.29. The van der Waals surface area contributed by atoms with Gasteiger partial charge in [0.05, 0.1) is 6.20 Å². The van der Waals surface area contributed by atoms with Gasteiger partial charge >= 0.3 is 5.97 Å². The highest BCUT2D eigenvalue weighted by molar-refractivity contribution is 5.92. The number of carboxylic acids is 1. The zero-order valence-corrected chi connectivity index (χ0v) is 12.5. The van der Waals surface area contributed by atoms with Gasteiger partial charge in [-0.2, -0.15) is 5.10 Å². The number of hydrogen-bond donors (Lipinski definition) is 1. The third-order valence-electron chi connectivity index (χ3n) is 3.39. The molecule has 0 spiro atoms. The number of hydrogen-bond acceptors (Lipinski definition) is 4. The Hall–Kier alpha value is -2.18. The van der Waals surface area contributed by atoms with E-state index in [0.717, 1.165) is 18.4 Å². The molecule has 0 radical (unpaired) electrons. The first kappa shape index (κ1) is 15.2. The number of aromatic nitrogens is 5. The first-order valence-corrected chi connectivity index (χ1v) is 7.29. The van der Waals surface area contributed by atoms with Gasteiger partial charge in [0.2, 0.25) is 0 Å². The maximum absolute atomic E-state index is 11.3. The molecular formula is C14H21N5O2. The second kappa shape index (κ2) is 7.01. The molecule has 21 heavy (non-hydrogen) atoms. The molecule has 2 aromatic heterocycles. The van der Waals surface area contributed by atoms with Gasteiger partial charge in [-0.3, -0.25) is 4.68 Å². The molecule has 2 rings (SSSR count). The molecule has 0 amide bonds. The van der Waals surface area contributed by atoms with Crippen molar-refractivity contribution in [2.24, 2.45) is 7.05 Å². The summed E-state index contributed by atoms with van der Waals surface area (Å²) in [7, 11) is 1.79. The van der Waals surface area contributed by atoms with E-state index in [1.165, 1.54) is 19.3 Å². The van der Waals surface area contributed by atoms with Crippen LogP contribution in [0, 0.1) is 0 Å². The van der Waals surface area contributed by atoms with Crippen LogP contribution in [0.3, 0.4) is 0 Å². The third-order valence-corrected chi connectivity index (χ3v) is 3.39. The van der Waals surface area contributed by atoms with Crippen LogP contribution in [0.25, 0.3) is 11.3 Å². The highest BCUT2D eigenvalue weighted by Gasteiger charge is 2.21. The molecule has 0 atom stereocenters. The van der Waals surface area contributed by atoms with E-state index in [2.05, 4.69) is 22.3 Å². The molecule has 2 aromatic rings. The summed E-state index contributed by atoms with van der Waals surface area (Å²) >= 11 is 0. The molecule has 0 bridgehead atoms. The van der Waals surface area contributed by atoms with Crippen LogP contribution in [0.4, 0.5) is 0 Å². The van der Waals surface area contributed by atoms with Crippen molar-refractivity contribution in [3.05, 3.63) is 18.1 Å². The zero-order chi connectivity index (χ0) is 15.2. The quantitative estimate of drug-likeness (QED) is 0.754. The fourth-order valence-electron chi connectivity index (χ4n) is 2.31. The van der Waals surface area contributed by atoms with Gasteiger partial charge in [-0.25, -0.2) is 9.48 Å². The number of carboxylic acid groups (broad SMARTS) is 1. The Morgan fingerprint density at radius 2 is 2.05 bits per heavy atom. The first-order chi connectivity index (χ1) is 10.1. The van der Waals surface area contributed by atoms with Gasteiger partial charge in [0.1, 0.15) is 5.69 Å². The zero-order valence-electron chi connectivity index (χ0n) is 12.5. The number of rotatable bonds is 8. The van der Waals surface area contributed by atoms with Gasteiger partial charge in [0, 0.05) is 25.4 Å². The summed E-state index contributed by atoms with van der Waals surface area (Å²) in [6.07, 6.45) is 9.12. The van der Waals surface area contributed by atoms with Crippen molar-refractivity contribution < 1.29 is 9.90 Å². The van der Waals surface area contributed by atoms with Crippen LogP contribution in [-0.4, -0.2) is 35.9 Å².